The Morgan fingerprint density at radius 3 is 2.56 bits per heavy atom. The lowest BCUT2D eigenvalue weighted by atomic mass is 10.0. The molecule has 82 valence electrons. The molecule has 2 nitrogen and oxygen atoms in total. The molecule has 1 N–H and O–H groups in total. The molecule has 1 saturated carbocycles. The number of hydrogen-bond donors (Lipinski definition) is 1. The van der Waals surface area contributed by atoms with Crippen molar-refractivity contribution in [3.63, 3.8) is 0 Å². The average Bonchev–Trinajstić information content (AvgIpc) is 3.04. The fourth-order valence-electron chi connectivity index (χ4n) is 2.10. The van der Waals surface area contributed by atoms with Gasteiger partial charge in [-0.1, -0.05) is 24.3 Å². The van der Waals surface area contributed by atoms with Crippen molar-refractivity contribution in [3.05, 3.63) is 59.9 Å². The first kappa shape index (κ1) is 9.52. The number of nitrogens with one attached hydrogen (secondary N) is 1. The van der Waals surface area contributed by atoms with Crippen LogP contribution in [0.2, 0.25) is 0 Å². The maximum atomic E-state index is 3.38. The molecule has 1 aliphatic carbocycles. The monoisotopic (exact) mass is 212 g/mol. The first-order valence-corrected chi connectivity index (χ1v) is 5.88. The van der Waals surface area contributed by atoms with Gasteiger partial charge in [0.15, 0.2) is 0 Å². The summed E-state index contributed by atoms with van der Waals surface area (Å²) in [5.41, 5.74) is 6.34. The molecule has 0 aliphatic heterocycles. The van der Waals surface area contributed by atoms with Crippen LogP contribution in [0.1, 0.15) is 29.9 Å². The van der Waals surface area contributed by atoms with Crippen LogP contribution in [0, 0.1) is 0 Å². The van der Waals surface area contributed by atoms with Gasteiger partial charge in [0.1, 0.15) is 0 Å². The lowest BCUT2D eigenvalue weighted by Crippen LogP contribution is -2.12. The lowest BCUT2D eigenvalue weighted by Gasteiger charge is -2.11. The maximum Gasteiger partial charge on any atom is 0.0566 e. The van der Waals surface area contributed by atoms with Crippen molar-refractivity contribution in [1.82, 2.24) is 4.68 Å². The molecule has 1 aromatic heterocycles. The van der Waals surface area contributed by atoms with Crippen LogP contribution in [-0.4, -0.2) is 4.68 Å². The standard InChI is InChI=1S/C14H16N2/c1-2-6-14(12-7-8-12)13(5-1)11-15-16-9-3-4-10-16/h1-6,9-10,12,15H,7-8,11H2. The van der Waals surface area contributed by atoms with Gasteiger partial charge in [-0.05, 0) is 42.0 Å². The molecule has 0 unspecified atom stereocenters. The molecule has 1 fully saturated rings. The van der Waals surface area contributed by atoms with Crippen molar-refractivity contribution < 1.29 is 0 Å². The SMILES string of the molecule is c1ccc(C2CC2)c(CNn2cccc2)c1. The van der Waals surface area contributed by atoms with E-state index in [1.54, 1.807) is 0 Å². The van der Waals surface area contributed by atoms with Gasteiger partial charge in [-0.15, -0.1) is 0 Å². The van der Waals surface area contributed by atoms with Crippen LogP contribution >= 0.6 is 0 Å². The second-order valence-corrected chi connectivity index (χ2v) is 4.40. The highest BCUT2D eigenvalue weighted by Gasteiger charge is 2.25. The Balaban J connectivity index is 1.73. The van der Waals surface area contributed by atoms with Crippen LogP contribution in [0.15, 0.2) is 48.8 Å². The van der Waals surface area contributed by atoms with E-state index in [0.717, 1.165) is 12.5 Å². The first-order valence-electron chi connectivity index (χ1n) is 5.88. The largest absolute Gasteiger partial charge is 0.322 e. The summed E-state index contributed by atoms with van der Waals surface area (Å²) in [7, 11) is 0. The van der Waals surface area contributed by atoms with E-state index in [9.17, 15) is 0 Å². The zero-order valence-electron chi connectivity index (χ0n) is 9.26. The van der Waals surface area contributed by atoms with Gasteiger partial charge < -0.3 is 5.43 Å². The molecule has 1 aliphatic rings. The van der Waals surface area contributed by atoms with Crippen molar-refractivity contribution in [3.8, 4) is 0 Å². The Morgan fingerprint density at radius 1 is 1.06 bits per heavy atom. The van der Waals surface area contributed by atoms with E-state index in [1.807, 2.05) is 29.2 Å². The third-order valence-electron chi connectivity index (χ3n) is 3.13. The molecular weight excluding hydrogens is 196 g/mol. The smallest absolute Gasteiger partial charge is 0.0566 e. The number of aromatic nitrogens is 1. The molecule has 3 rings (SSSR count). The molecule has 0 atom stereocenters. The minimum absolute atomic E-state index is 0.822. The molecule has 1 aromatic carbocycles. The zero-order chi connectivity index (χ0) is 10.8. The van der Waals surface area contributed by atoms with E-state index >= 15 is 0 Å². The fraction of sp³-hybridized carbons (Fsp3) is 0.286. The topological polar surface area (TPSA) is 17.0 Å². The highest BCUT2D eigenvalue weighted by atomic mass is 15.4. The maximum absolute atomic E-state index is 3.38. The fourth-order valence-corrected chi connectivity index (χ4v) is 2.10. The van der Waals surface area contributed by atoms with E-state index in [1.165, 1.54) is 24.0 Å². The van der Waals surface area contributed by atoms with Crippen molar-refractivity contribution in [2.24, 2.45) is 0 Å². The van der Waals surface area contributed by atoms with Gasteiger partial charge in [0.2, 0.25) is 0 Å². The van der Waals surface area contributed by atoms with Gasteiger partial charge in [0, 0.05) is 12.4 Å². The molecule has 16 heavy (non-hydrogen) atoms. The van der Waals surface area contributed by atoms with E-state index in [2.05, 4.69) is 29.7 Å². The summed E-state index contributed by atoms with van der Waals surface area (Å²) >= 11 is 0. The third-order valence-corrected chi connectivity index (χ3v) is 3.13. The van der Waals surface area contributed by atoms with Crippen LogP contribution in [-0.2, 0) is 6.54 Å². The summed E-state index contributed by atoms with van der Waals surface area (Å²) in [4.78, 5) is 0. The van der Waals surface area contributed by atoms with Crippen LogP contribution in [0.4, 0.5) is 0 Å². The molecule has 0 radical (unpaired) electrons. The average molecular weight is 212 g/mol. The lowest BCUT2D eigenvalue weighted by molar-refractivity contribution is 0.838. The molecular formula is C14H16N2. The first-order chi connectivity index (χ1) is 7.93. The Labute approximate surface area is 95.9 Å². The summed E-state index contributed by atoms with van der Waals surface area (Å²) in [6.45, 7) is 0.904. The van der Waals surface area contributed by atoms with Crippen molar-refractivity contribution in [2.75, 3.05) is 5.43 Å². The second-order valence-electron chi connectivity index (χ2n) is 4.40. The van der Waals surface area contributed by atoms with E-state index in [0.29, 0.717) is 0 Å². The zero-order valence-corrected chi connectivity index (χ0v) is 9.26. The van der Waals surface area contributed by atoms with Gasteiger partial charge >= 0.3 is 0 Å². The Bertz CT molecular complexity index is 455. The quantitative estimate of drug-likeness (QED) is 0.824. The minimum Gasteiger partial charge on any atom is -0.322 e. The molecule has 1 heterocycles. The molecule has 0 amide bonds. The van der Waals surface area contributed by atoms with Gasteiger partial charge in [0.05, 0.1) is 6.54 Å². The van der Waals surface area contributed by atoms with E-state index < -0.39 is 0 Å². The van der Waals surface area contributed by atoms with Gasteiger partial charge in [-0.3, -0.25) is 4.68 Å². The normalized spacial score (nSPS) is 15.0. The van der Waals surface area contributed by atoms with Gasteiger partial charge in [-0.25, -0.2) is 0 Å². The number of rotatable bonds is 4. The van der Waals surface area contributed by atoms with Gasteiger partial charge in [-0.2, -0.15) is 0 Å². The molecule has 2 heteroatoms. The number of benzene rings is 1. The number of hydrogen-bond acceptors (Lipinski definition) is 1. The molecule has 0 spiro atoms. The van der Waals surface area contributed by atoms with E-state index in [4.69, 9.17) is 0 Å². The Kier molecular flexibility index (Phi) is 2.41. The van der Waals surface area contributed by atoms with Crippen LogP contribution in [0.5, 0.6) is 0 Å². The Hall–Kier alpha value is -1.70. The van der Waals surface area contributed by atoms with Crippen LogP contribution in [0.3, 0.4) is 0 Å². The minimum atomic E-state index is 0.822. The highest BCUT2D eigenvalue weighted by molar-refractivity contribution is 5.33. The molecule has 0 saturated heterocycles. The molecule has 2 aromatic rings. The summed E-state index contributed by atoms with van der Waals surface area (Å²) in [6, 6.07) is 12.8. The second kappa shape index (κ2) is 4.05. The molecule has 0 bridgehead atoms. The predicted octanol–water partition coefficient (Wildman–Crippen LogP) is 3.11. The van der Waals surface area contributed by atoms with Crippen molar-refractivity contribution >= 4 is 0 Å². The summed E-state index contributed by atoms with van der Waals surface area (Å²) in [5.74, 6) is 0.822. The van der Waals surface area contributed by atoms with Gasteiger partial charge in [0.25, 0.3) is 0 Å². The van der Waals surface area contributed by atoms with E-state index in [-0.39, 0.29) is 0 Å². The van der Waals surface area contributed by atoms with Crippen LogP contribution in [0.25, 0.3) is 0 Å². The summed E-state index contributed by atoms with van der Waals surface area (Å²) in [5, 5.41) is 0. The predicted molar refractivity (Wildman–Crippen MR) is 65.9 cm³/mol. The summed E-state index contributed by atoms with van der Waals surface area (Å²) in [6.07, 6.45) is 6.78. The third kappa shape index (κ3) is 1.96. The Morgan fingerprint density at radius 2 is 1.81 bits per heavy atom. The van der Waals surface area contributed by atoms with Crippen LogP contribution < -0.4 is 5.43 Å². The number of nitrogens with zero attached hydrogens (tertiary/aromatic N) is 1. The van der Waals surface area contributed by atoms with Crippen molar-refractivity contribution in [1.29, 1.82) is 0 Å². The summed E-state index contributed by atoms with van der Waals surface area (Å²) < 4.78 is 2.00. The van der Waals surface area contributed by atoms with Crippen molar-refractivity contribution in [2.45, 2.75) is 25.3 Å². The highest BCUT2D eigenvalue weighted by Crippen LogP contribution is 2.41.